The summed E-state index contributed by atoms with van der Waals surface area (Å²) in [6.45, 7) is 0. The zero-order valence-electron chi connectivity index (χ0n) is 13.1. The fourth-order valence-electron chi connectivity index (χ4n) is 3.14. The topological polar surface area (TPSA) is 26.3 Å². The molecule has 4 aromatic rings. The van der Waals surface area contributed by atoms with Crippen LogP contribution in [-0.4, -0.2) is 0 Å². The predicted octanol–water partition coefficient (Wildman–Crippen LogP) is 6.13. The van der Waals surface area contributed by atoms with Crippen LogP contribution in [0.5, 0.6) is 0 Å². The molecule has 2 heteroatoms. The first-order valence-corrected chi connectivity index (χ1v) is 8.31. The first-order chi connectivity index (χ1) is 11.4. The van der Waals surface area contributed by atoms with Gasteiger partial charge < -0.3 is 8.83 Å². The van der Waals surface area contributed by atoms with Gasteiger partial charge in [0.2, 0.25) is 0 Å². The molecule has 2 heterocycles. The Bertz CT molecular complexity index is 838. The number of hydrogen-bond acceptors (Lipinski definition) is 2. The second-order valence-electron chi connectivity index (χ2n) is 6.15. The third-order valence-corrected chi connectivity index (χ3v) is 4.47. The van der Waals surface area contributed by atoms with Crippen molar-refractivity contribution >= 4 is 21.9 Å². The summed E-state index contributed by atoms with van der Waals surface area (Å²) in [5.41, 5.74) is 4.72. The molecule has 0 bridgehead atoms. The van der Waals surface area contributed by atoms with Crippen LogP contribution in [-0.2, 0) is 12.8 Å². The highest BCUT2D eigenvalue weighted by molar-refractivity contribution is 5.78. The van der Waals surface area contributed by atoms with Gasteiger partial charge >= 0.3 is 0 Å². The molecule has 4 rings (SSSR count). The molecule has 0 amide bonds. The summed E-state index contributed by atoms with van der Waals surface area (Å²) in [4.78, 5) is 0. The molecule has 0 unspecified atom stereocenters. The number of furan rings is 2. The number of unbranched alkanes of at least 4 members (excludes halogenated alkanes) is 2. The standard InChI is InChI=1S/C21H20O2/c1(2-4-16-6-8-18-10-12-22-20(18)14-16)3-5-17-7-9-19-11-13-23-21(19)15-17/h6-15H,1-5H2. The lowest BCUT2D eigenvalue weighted by Crippen LogP contribution is -1.89. The number of rotatable bonds is 6. The van der Waals surface area contributed by atoms with Crippen molar-refractivity contribution in [1.82, 2.24) is 0 Å². The van der Waals surface area contributed by atoms with E-state index in [-0.39, 0.29) is 0 Å². The van der Waals surface area contributed by atoms with Gasteiger partial charge in [-0.3, -0.25) is 0 Å². The van der Waals surface area contributed by atoms with Gasteiger partial charge in [-0.15, -0.1) is 0 Å². The van der Waals surface area contributed by atoms with E-state index in [0.29, 0.717) is 0 Å². The van der Waals surface area contributed by atoms with Crippen LogP contribution in [0, 0.1) is 0 Å². The van der Waals surface area contributed by atoms with Gasteiger partial charge in [0.15, 0.2) is 0 Å². The van der Waals surface area contributed by atoms with E-state index in [1.807, 2.05) is 12.1 Å². The molecule has 2 nitrogen and oxygen atoms in total. The lowest BCUT2D eigenvalue weighted by Gasteiger charge is -2.03. The zero-order valence-corrected chi connectivity index (χ0v) is 13.1. The van der Waals surface area contributed by atoms with Gasteiger partial charge in [0, 0.05) is 10.8 Å². The van der Waals surface area contributed by atoms with E-state index in [1.165, 1.54) is 41.2 Å². The molecule has 0 aliphatic heterocycles. The van der Waals surface area contributed by atoms with E-state index in [2.05, 4.69) is 36.4 Å². The number of fused-ring (bicyclic) bond motifs is 2. The number of hydrogen-bond donors (Lipinski definition) is 0. The van der Waals surface area contributed by atoms with Gasteiger partial charge in [0.1, 0.15) is 11.2 Å². The van der Waals surface area contributed by atoms with Gasteiger partial charge in [-0.2, -0.15) is 0 Å². The highest BCUT2D eigenvalue weighted by Crippen LogP contribution is 2.20. The van der Waals surface area contributed by atoms with Crippen LogP contribution in [0.4, 0.5) is 0 Å². The molecular weight excluding hydrogens is 284 g/mol. The van der Waals surface area contributed by atoms with Crippen molar-refractivity contribution < 1.29 is 8.83 Å². The molecule has 0 spiro atoms. The Hall–Kier alpha value is -2.48. The van der Waals surface area contributed by atoms with Gasteiger partial charge in [-0.1, -0.05) is 30.7 Å². The predicted molar refractivity (Wildman–Crippen MR) is 93.7 cm³/mol. The molecule has 0 aliphatic carbocycles. The van der Waals surface area contributed by atoms with Crippen molar-refractivity contribution in [3.8, 4) is 0 Å². The monoisotopic (exact) mass is 304 g/mol. The first-order valence-electron chi connectivity index (χ1n) is 8.31. The average molecular weight is 304 g/mol. The largest absolute Gasteiger partial charge is 0.464 e. The lowest BCUT2D eigenvalue weighted by molar-refractivity contribution is 0.614. The molecule has 0 aliphatic rings. The summed E-state index contributed by atoms with van der Waals surface area (Å²) >= 11 is 0. The molecule has 2 aromatic heterocycles. The fraction of sp³-hybridized carbons (Fsp3) is 0.238. The van der Waals surface area contributed by atoms with Crippen molar-refractivity contribution in [3.63, 3.8) is 0 Å². The van der Waals surface area contributed by atoms with E-state index in [4.69, 9.17) is 8.83 Å². The second-order valence-corrected chi connectivity index (χ2v) is 6.15. The Labute approximate surface area is 135 Å². The third-order valence-electron chi connectivity index (χ3n) is 4.47. The first kappa shape index (κ1) is 14.1. The van der Waals surface area contributed by atoms with Gasteiger partial charge in [-0.05, 0) is 61.1 Å². The Morgan fingerprint density at radius 2 is 1.09 bits per heavy atom. The molecule has 0 saturated heterocycles. The van der Waals surface area contributed by atoms with E-state index in [1.54, 1.807) is 12.5 Å². The Kier molecular flexibility index (Phi) is 3.89. The van der Waals surface area contributed by atoms with Gasteiger partial charge in [-0.25, -0.2) is 0 Å². The molecule has 0 fully saturated rings. The number of benzene rings is 2. The Morgan fingerprint density at radius 3 is 1.61 bits per heavy atom. The van der Waals surface area contributed by atoms with Crippen LogP contribution in [0.3, 0.4) is 0 Å². The number of aryl methyl sites for hydroxylation is 2. The Balaban J connectivity index is 1.26. The summed E-state index contributed by atoms with van der Waals surface area (Å²) in [5, 5.41) is 2.36. The smallest absolute Gasteiger partial charge is 0.134 e. The summed E-state index contributed by atoms with van der Waals surface area (Å²) in [6.07, 6.45) is 9.42. The van der Waals surface area contributed by atoms with Crippen LogP contribution < -0.4 is 0 Å². The van der Waals surface area contributed by atoms with E-state index in [9.17, 15) is 0 Å². The molecule has 116 valence electrons. The molecule has 0 radical (unpaired) electrons. The minimum absolute atomic E-state index is 0.995. The molecule has 0 atom stereocenters. The summed E-state index contributed by atoms with van der Waals surface area (Å²) < 4.78 is 10.9. The van der Waals surface area contributed by atoms with Gasteiger partial charge in [0.25, 0.3) is 0 Å². The highest BCUT2D eigenvalue weighted by atomic mass is 16.3. The van der Waals surface area contributed by atoms with Crippen LogP contribution in [0.2, 0.25) is 0 Å². The van der Waals surface area contributed by atoms with Crippen molar-refractivity contribution in [2.24, 2.45) is 0 Å². The molecule has 0 saturated carbocycles. The maximum absolute atomic E-state index is 5.46. The SMILES string of the molecule is c1cc2ccc(CCCCCc3ccc4ccoc4c3)cc2o1. The lowest BCUT2D eigenvalue weighted by atomic mass is 10.0. The molecular formula is C21H20O2. The fourth-order valence-corrected chi connectivity index (χ4v) is 3.14. The second kappa shape index (κ2) is 6.33. The Morgan fingerprint density at radius 1 is 0.565 bits per heavy atom. The van der Waals surface area contributed by atoms with Crippen molar-refractivity contribution in [1.29, 1.82) is 0 Å². The summed E-state index contributed by atoms with van der Waals surface area (Å²) in [5.74, 6) is 0. The summed E-state index contributed by atoms with van der Waals surface area (Å²) in [7, 11) is 0. The minimum atomic E-state index is 0.995. The van der Waals surface area contributed by atoms with Crippen molar-refractivity contribution in [2.45, 2.75) is 32.1 Å². The van der Waals surface area contributed by atoms with Crippen LogP contribution in [0.25, 0.3) is 21.9 Å². The van der Waals surface area contributed by atoms with Gasteiger partial charge in [0.05, 0.1) is 12.5 Å². The normalized spacial score (nSPS) is 11.5. The molecule has 0 N–H and O–H groups in total. The van der Waals surface area contributed by atoms with Crippen LogP contribution in [0.15, 0.2) is 69.9 Å². The molecule has 23 heavy (non-hydrogen) atoms. The van der Waals surface area contributed by atoms with E-state index >= 15 is 0 Å². The van der Waals surface area contributed by atoms with Crippen molar-refractivity contribution in [2.75, 3.05) is 0 Å². The van der Waals surface area contributed by atoms with Crippen LogP contribution >= 0.6 is 0 Å². The molecule has 2 aromatic carbocycles. The average Bonchev–Trinajstić information content (AvgIpc) is 3.22. The zero-order chi connectivity index (χ0) is 15.5. The minimum Gasteiger partial charge on any atom is -0.464 e. The quantitative estimate of drug-likeness (QED) is 0.400. The van der Waals surface area contributed by atoms with E-state index in [0.717, 1.165) is 24.0 Å². The van der Waals surface area contributed by atoms with E-state index < -0.39 is 0 Å². The highest BCUT2D eigenvalue weighted by Gasteiger charge is 2.01. The maximum Gasteiger partial charge on any atom is 0.134 e. The van der Waals surface area contributed by atoms with Crippen molar-refractivity contribution in [3.05, 3.63) is 72.2 Å². The summed E-state index contributed by atoms with van der Waals surface area (Å²) in [6, 6.07) is 17.1. The maximum atomic E-state index is 5.46. The third kappa shape index (κ3) is 3.16. The van der Waals surface area contributed by atoms with Crippen LogP contribution in [0.1, 0.15) is 30.4 Å².